The molecule has 3 aliphatic heterocycles. The minimum atomic E-state index is -0.470. The average Bonchev–Trinajstić information content (AvgIpc) is 3.69. The van der Waals surface area contributed by atoms with Crippen LogP contribution < -0.4 is 9.64 Å². The largest absolute Gasteiger partial charge is 0.473 e. The predicted octanol–water partition coefficient (Wildman–Crippen LogP) is 4.23. The zero-order valence-electron chi connectivity index (χ0n) is 24.3. The maximum Gasteiger partial charge on any atom is 0.337 e. The number of ether oxygens (including phenoxy) is 3. The molecule has 44 heavy (non-hydrogen) atoms. The van der Waals surface area contributed by atoms with Crippen LogP contribution in [0.25, 0.3) is 11.0 Å². The summed E-state index contributed by atoms with van der Waals surface area (Å²) in [6.45, 7) is 5.44. The number of nitrogens with zero attached hydrogens (tertiary/aromatic N) is 6. The monoisotopic (exact) mass is 594 g/mol. The number of aromatic nitrogens is 3. The number of halogens is 1. The second-order valence-corrected chi connectivity index (χ2v) is 11.4. The van der Waals surface area contributed by atoms with Crippen LogP contribution in [-0.2, 0) is 29.2 Å². The van der Waals surface area contributed by atoms with Gasteiger partial charge in [0.05, 0.1) is 54.5 Å². The molecule has 0 amide bonds. The highest BCUT2D eigenvalue weighted by molar-refractivity contribution is 5.93. The van der Waals surface area contributed by atoms with Gasteiger partial charge in [-0.05, 0) is 54.0 Å². The molecule has 0 bridgehead atoms. The second kappa shape index (κ2) is 11.7. The minimum absolute atomic E-state index is 0.0271. The smallest absolute Gasteiger partial charge is 0.337 e. The van der Waals surface area contributed by atoms with Crippen LogP contribution in [0, 0.1) is 17.1 Å². The van der Waals surface area contributed by atoms with Crippen molar-refractivity contribution in [1.29, 1.82) is 5.26 Å². The quantitative estimate of drug-likeness (QED) is 0.208. The summed E-state index contributed by atoms with van der Waals surface area (Å²) >= 11 is 0. The fourth-order valence-electron chi connectivity index (χ4n) is 6.05. The molecule has 1 atom stereocenters. The minimum Gasteiger partial charge on any atom is -0.473 e. The van der Waals surface area contributed by atoms with Gasteiger partial charge in [0.25, 0.3) is 0 Å². The molecule has 5 heterocycles. The first kappa shape index (κ1) is 28.0. The van der Waals surface area contributed by atoms with E-state index < -0.39 is 5.82 Å². The summed E-state index contributed by atoms with van der Waals surface area (Å²) in [5.74, 6) is 1.36. The van der Waals surface area contributed by atoms with E-state index >= 15 is 0 Å². The van der Waals surface area contributed by atoms with Gasteiger partial charge >= 0.3 is 5.97 Å². The number of imidazole rings is 1. The number of rotatable bonds is 9. The van der Waals surface area contributed by atoms with E-state index in [2.05, 4.69) is 19.4 Å². The molecule has 0 spiro atoms. The Balaban J connectivity index is 1.00. The average molecular weight is 595 g/mol. The van der Waals surface area contributed by atoms with E-state index in [0.29, 0.717) is 30.1 Å². The summed E-state index contributed by atoms with van der Waals surface area (Å²) < 4.78 is 33.0. The molecule has 0 radical (unpaired) electrons. The number of hydrogen-bond acceptors (Lipinski definition) is 9. The van der Waals surface area contributed by atoms with Gasteiger partial charge in [-0.1, -0.05) is 12.1 Å². The summed E-state index contributed by atoms with van der Waals surface area (Å²) in [6, 6.07) is 17.4. The highest BCUT2D eigenvalue weighted by Crippen LogP contribution is 2.31. The molecule has 4 aromatic rings. The van der Waals surface area contributed by atoms with E-state index in [1.54, 1.807) is 24.3 Å². The van der Waals surface area contributed by atoms with E-state index in [1.165, 1.54) is 24.3 Å². The molecule has 1 fully saturated rings. The maximum absolute atomic E-state index is 14.3. The van der Waals surface area contributed by atoms with Crippen molar-refractivity contribution < 1.29 is 23.4 Å². The molecule has 0 N–H and O–H groups in total. The summed E-state index contributed by atoms with van der Waals surface area (Å²) in [4.78, 5) is 26.5. The number of carbonyl (C=O) groups is 1. The van der Waals surface area contributed by atoms with E-state index in [0.717, 1.165) is 61.9 Å². The lowest BCUT2D eigenvalue weighted by molar-refractivity contribution is -0.0591. The summed E-state index contributed by atoms with van der Waals surface area (Å²) in [7, 11) is 1.39. The number of nitriles is 1. The number of methoxy groups -OCH3 is 1. The van der Waals surface area contributed by atoms with Gasteiger partial charge in [-0.2, -0.15) is 10.2 Å². The Bertz CT molecular complexity index is 1810. The lowest BCUT2D eigenvalue weighted by Crippen LogP contribution is -2.33. The molecule has 3 aliphatic rings. The van der Waals surface area contributed by atoms with Crippen molar-refractivity contribution in [2.45, 2.75) is 32.2 Å². The van der Waals surface area contributed by atoms with Crippen LogP contribution in [-0.4, -0.2) is 71.4 Å². The van der Waals surface area contributed by atoms with Crippen molar-refractivity contribution in [3.63, 3.8) is 0 Å². The van der Waals surface area contributed by atoms with Gasteiger partial charge in [0.2, 0.25) is 5.88 Å². The molecule has 224 valence electrons. The standard InChI is InChI=1S/C33H31FN6O4/c1-42-33(41)22-7-8-28-29(12-22)40(18-26-9-10-43-26)31(36-28)19-38-14-24-16-39(17-25(24)15-38)30-3-2-4-32(37-30)44-20-23-6-5-21(13-35)11-27(23)34/h2-8,11-12,26H,9-10,14-20H2,1H3/t26-/m0/s1. The molecule has 10 nitrogen and oxygen atoms in total. The first-order valence-electron chi connectivity index (χ1n) is 14.6. The summed E-state index contributed by atoms with van der Waals surface area (Å²) in [5, 5.41) is 8.95. The molecule has 11 heteroatoms. The molecule has 7 rings (SSSR count). The maximum atomic E-state index is 14.3. The lowest BCUT2D eigenvalue weighted by Gasteiger charge is -2.28. The number of benzene rings is 2. The normalized spacial score (nSPS) is 17.9. The first-order chi connectivity index (χ1) is 21.5. The van der Waals surface area contributed by atoms with Gasteiger partial charge in [-0.25, -0.2) is 14.2 Å². The molecule has 0 unspecified atom stereocenters. The number of fused-ring (bicyclic) bond motifs is 1. The Kier molecular flexibility index (Phi) is 7.46. The third-order valence-electron chi connectivity index (χ3n) is 8.48. The summed E-state index contributed by atoms with van der Waals surface area (Å²) in [6.07, 6.45) is 1.16. The van der Waals surface area contributed by atoms with Gasteiger partial charge in [0, 0.05) is 44.4 Å². The third kappa shape index (κ3) is 5.50. The van der Waals surface area contributed by atoms with Crippen molar-refractivity contribution >= 4 is 22.8 Å². The first-order valence-corrected chi connectivity index (χ1v) is 14.6. The van der Waals surface area contributed by atoms with Gasteiger partial charge in [-0.15, -0.1) is 0 Å². The molecular weight excluding hydrogens is 563 g/mol. The van der Waals surface area contributed by atoms with Crippen LogP contribution in [0.3, 0.4) is 0 Å². The Hall–Kier alpha value is -4.79. The van der Waals surface area contributed by atoms with Crippen molar-refractivity contribution in [3.05, 3.63) is 94.1 Å². The zero-order valence-corrected chi connectivity index (χ0v) is 24.3. The van der Waals surface area contributed by atoms with E-state index in [9.17, 15) is 9.18 Å². The Morgan fingerprint density at radius 2 is 1.91 bits per heavy atom. The van der Waals surface area contributed by atoms with Crippen LogP contribution in [0.4, 0.5) is 10.2 Å². The number of hydrogen-bond donors (Lipinski definition) is 0. The van der Waals surface area contributed by atoms with Crippen molar-refractivity contribution in [2.75, 3.05) is 44.8 Å². The number of anilines is 1. The molecule has 0 saturated carbocycles. The highest BCUT2D eigenvalue weighted by atomic mass is 19.1. The molecule has 2 aromatic carbocycles. The van der Waals surface area contributed by atoms with Crippen molar-refractivity contribution in [3.8, 4) is 11.9 Å². The number of esters is 1. The lowest BCUT2D eigenvalue weighted by atomic mass is 10.1. The number of carbonyl (C=O) groups excluding carboxylic acids is 1. The van der Waals surface area contributed by atoms with Gasteiger partial charge in [0.15, 0.2) is 0 Å². The van der Waals surface area contributed by atoms with Gasteiger partial charge in [-0.3, -0.25) is 4.90 Å². The van der Waals surface area contributed by atoms with Crippen molar-refractivity contribution in [1.82, 2.24) is 19.4 Å². The molecule has 1 saturated heterocycles. The molecule has 0 aliphatic carbocycles. The summed E-state index contributed by atoms with van der Waals surface area (Å²) in [5.41, 5.74) is 5.69. The Labute approximate surface area is 253 Å². The van der Waals surface area contributed by atoms with Gasteiger partial charge < -0.3 is 23.7 Å². The second-order valence-electron chi connectivity index (χ2n) is 11.4. The van der Waals surface area contributed by atoms with Crippen LogP contribution in [0.5, 0.6) is 5.88 Å². The van der Waals surface area contributed by atoms with Crippen LogP contribution >= 0.6 is 0 Å². The SMILES string of the molecule is COC(=O)c1ccc2nc(CN3CC4=C(C3)CN(c3cccc(OCc5ccc(C#N)cc5F)n3)C4)n(C[C@@H]3CCO3)c2c1. The molecular formula is C33H31FN6O4. The fraction of sp³-hybridized carbons (Fsp3) is 0.333. The third-order valence-corrected chi connectivity index (χ3v) is 8.48. The van der Waals surface area contributed by atoms with E-state index in [1.807, 2.05) is 30.3 Å². The van der Waals surface area contributed by atoms with Crippen molar-refractivity contribution in [2.24, 2.45) is 0 Å². The predicted molar refractivity (Wildman–Crippen MR) is 160 cm³/mol. The zero-order chi connectivity index (χ0) is 30.2. The Morgan fingerprint density at radius 3 is 2.61 bits per heavy atom. The fourth-order valence-corrected chi connectivity index (χ4v) is 6.05. The topological polar surface area (TPSA) is 106 Å². The van der Waals surface area contributed by atoms with E-state index in [4.69, 9.17) is 24.5 Å². The number of pyridine rings is 1. The van der Waals surface area contributed by atoms with Crippen LogP contribution in [0.15, 0.2) is 65.7 Å². The van der Waals surface area contributed by atoms with E-state index in [-0.39, 0.29) is 24.2 Å². The highest BCUT2D eigenvalue weighted by Gasteiger charge is 2.32. The van der Waals surface area contributed by atoms with Crippen LogP contribution in [0.2, 0.25) is 0 Å². The molecule has 2 aromatic heterocycles. The van der Waals surface area contributed by atoms with Gasteiger partial charge in [0.1, 0.15) is 24.1 Å². The van der Waals surface area contributed by atoms with Crippen LogP contribution in [0.1, 0.15) is 33.7 Å². The Morgan fingerprint density at radius 1 is 1.09 bits per heavy atom.